The Morgan fingerprint density at radius 1 is 0.415 bits per heavy atom. The van der Waals surface area contributed by atoms with Crippen LogP contribution in [0.25, 0.3) is 0 Å². The third-order valence-electron chi connectivity index (χ3n) is 11.0. The molecule has 4 nitrogen and oxygen atoms in total. The zero-order chi connectivity index (χ0) is 27.2. The molecule has 7 heteroatoms. The Bertz CT molecular complexity index is 1200. The molecule has 0 bridgehead atoms. The summed E-state index contributed by atoms with van der Waals surface area (Å²) in [6.07, 6.45) is 0. The van der Waals surface area contributed by atoms with Crippen LogP contribution in [0.4, 0.5) is 0 Å². The van der Waals surface area contributed by atoms with Crippen molar-refractivity contribution in [3.05, 3.63) is 121 Å². The van der Waals surface area contributed by atoms with Gasteiger partial charge in [-0.2, -0.15) is 0 Å². The first-order valence-electron chi connectivity index (χ1n) is 14.6. The summed E-state index contributed by atoms with van der Waals surface area (Å²) < 4.78 is 8.52. The Labute approximate surface area is 255 Å². The van der Waals surface area contributed by atoms with Crippen molar-refractivity contribution in [3.63, 3.8) is 0 Å². The van der Waals surface area contributed by atoms with Crippen molar-refractivity contribution in [1.29, 1.82) is 0 Å². The van der Waals surface area contributed by atoms with E-state index in [1.807, 2.05) is 0 Å². The summed E-state index contributed by atoms with van der Waals surface area (Å²) >= 11 is -5.79. The van der Waals surface area contributed by atoms with Crippen LogP contribution in [0.1, 0.15) is 0 Å². The van der Waals surface area contributed by atoms with Crippen molar-refractivity contribution in [2.24, 2.45) is 0 Å². The van der Waals surface area contributed by atoms with Gasteiger partial charge in [0, 0.05) is 0 Å². The van der Waals surface area contributed by atoms with Gasteiger partial charge in [-0.25, -0.2) is 0 Å². The van der Waals surface area contributed by atoms with Gasteiger partial charge in [-0.15, -0.1) is 24.8 Å². The molecule has 0 spiro atoms. The second-order valence-electron chi connectivity index (χ2n) is 12.8. The Hall–Kier alpha value is -1.99. The molecule has 1 fully saturated rings. The number of nitrogens with one attached hydrogen (secondary N) is 3. The molecule has 5 rings (SSSR count). The number of rotatable bonds is 5. The molecule has 1 aliphatic heterocycles. The standard InChI is InChI=1S/C8H19N4.4C6H5.2CH3.2ClH.Ti/c1-2-10-5-6-12-8-7-11-4-3-9-1;4*1-2-4-6-5-3-1;;;;;/h9-11H,1-8H2;4*1-5H;2*1H3;2*1H;/q-1;;;;;;;;;+1. The molecule has 0 saturated carbocycles. The van der Waals surface area contributed by atoms with Crippen molar-refractivity contribution in [2.45, 2.75) is 10.5 Å². The van der Waals surface area contributed by atoms with Crippen molar-refractivity contribution in [3.8, 4) is 0 Å². The molecule has 221 valence electrons. The fraction of sp³-hybridized carbons (Fsp3) is 0.294. The Morgan fingerprint density at radius 2 is 0.659 bits per heavy atom. The van der Waals surface area contributed by atoms with Gasteiger partial charge in [0.1, 0.15) is 0 Å². The van der Waals surface area contributed by atoms with E-state index in [2.05, 4.69) is 151 Å². The molecule has 0 aromatic heterocycles. The van der Waals surface area contributed by atoms with Gasteiger partial charge in [0.2, 0.25) is 0 Å². The third kappa shape index (κ3) is 4.56. The fourth-order valence-electron chi connectivity index (χ4n) is 8.28. The third-order valence-corrected chi connectivity index (χ3v) is 32.0. The van der Waals surface area contributed by atoms with E-state index < -0.39 is 13.0 Å². The molecular weight excluding hydrogens is 583 g/mol. The van der Waals surface area contributed by atoms with Crippen LogP contribution in [0.5, 0.6) is 0 Å². The van der Waals surface area contributed by atoms with Crippen LogP contribution in [0.2, 0.25) is 10.5 Å². The van der Waals surface area contributed by atoms with Gasteiger partial charge in [-0.3, -0.25) is 0 Å². The summed E-state index contributed by atoms with van der Waals surface area (Å²) in [5.41, 5.74) is 0. The molecule has 0 aliphatic carbocycles. The summed E-state index contributed by atoms with van der Waals surface area (Å²) in [6, 6.07) is 45.8. The summed E-state index contributed by atoms with van der Waals surface area (Å²) in [4.78, 5) is 0. The first kappa shape index (κ1) is 33.5. The molecule has 4 aromatic rings. The number of benzene rings is 4. The van der Waals surface area contributed by atoms with E-state index in [9.17, 15) is 0 Å². The van der Waals surface area contributed by atoms with E-state index >= 15 is 0 Å². The molecule has 1 heterocycles. The van der Waals surface area contributed by atoms with Gasteiger partial charge >= 0.3 is 232 Å². The van der Waals surface area contributed by atoms with E-state index in [1.165, 1.54) is 15.5 Å². The predicted octanol–water partition coefficient (Wildman–Crippen LogP) is 3.99. The SMILES string of the molecule is Cl.Cl.[CH3][Ti]([CH3])([c]1ccccc1)([c]1ccccc1)([c]1ccccc1)([c]1ccccc1)[N]1CCNCCNCCNCC1. The number of hydrogen-bond acceptors (Lipinski definition) is 4. The first-order chi connectivity index (χ1) is 18.9. The average molecular weight is 631 g/mol. The Morgan fingerprint density at radius 3 is 0.927 bits per heavy atom. The molecule has 1 saturated heterocycles. The maximum atomic E-state index is 3.77. The summed E-state index contributed by atoms with van der Waals surface area (Å²) in [5.74, 6) is 0. The molecule has 4 aromatic carbocycles. The van der Waals surface area contributed by atoms with E-state index in [1.54, 1.807) is 0 Å². The summed E-state index contributed by atoms with van der Waals surface area (Å²) in [6.45, 7) is 7.53. The van der Waals surface area contributed by atoms with Crippen molar-refractivity contribution >= 4 is 40.3 Å². The van der Waals surface area contributed by atoms with Crippen LogP contribution >= 0.6 is 24.8 Å². The predicted molar refractivity (Wildman–Crippen MR) is 181 cm³/mol. The van der Waals surface area contributed by atoms with E-state index in [0.717, 1.165) is 52.4 Å². The molecular formula is C34H47Cl2N4Ti. The molecule has 3 N–H and O–H groups in total. The average Bonchev–Trinajstić information content (AvgIpc) is 3.00. The Kier molecular flexibility index (Phi) is 10.1. The van der Waals surface area contributed by atoms with Crippen molar-refractivity contribution in [1.82, 2.24) is 19.3 Å². The maximum absolute atomic E-state index is 5.79. The number of halogens is 2. The summed E-state index contributed by atoms with van der Waals surface area (Å²) in [5, 5.41) is 16.4. The fourth-order valence-corrected chi connectivity index (χ4v) is 26.2. The normalized spacial score (nSPS) is 18.3. The van der Waals surface area contributed by atoms with Gasteiger partial charge in [0.25, 0.3) is 0 Å². The van der Waals surface area contributed by atoms with Crippen LogP contribution in [0.15, 0.2) is 121 Å². The van der Waals surface area contributed by atoms with Crippen LogP contribution < -0.4 is 31.4 Å². The van der Waals surface area contributed by atoms with Gasteiger partial charge in [-0.05, 0) is 0 Å². The van der Waals surface area contributed by atoms with Crippen molar-refractivity contribution < 1.29 is 13.0 Å². The minimum absolute atomic E-state index is 0. The van der Waals surface area contributed by atoms with Crippen LogP contribution in [-0.2, 0) is 13.0 Å². The minimum atomic E-state index is -5.79. The number of hydrogen-bond donors (Lipinski definition) is 3. The molecule has 0 amide bonds. The van der Waals surface area contributed by atoms with E-state index in [-0.39, 0.29) is 24.8 Å². The van der Waals surface area contributed by atoms with E-state index in [0.29, 0.717) is 0 Å². The second kappa shape index (κ2) is 12.3. The van der Waals surface area contributed by atoms with Gasteiger partial charge in [0.15, 0.2) is 0 Å². The van der Waals surface area contributed by atoms with Crippen LogP contribution in [0.3, 0.4) is 0 Å². The van der Waals surface area contributed by atoms with Crippen molar-refractivity contribution in [2.75, 3.05) is 52.4 Å². The van der Waals surface area contributed by atoms with E-state index in [4.69, 9.17) is 0 Å². The van der Waals surface area contributed by atoms with Crippen LogP contribution in [0, 0.1) is 0 Å². The van der Waals surface area contributed by atoms with Crippen LogP contribution in [-0.4, -0.2) is 55.7 Å². The Balaban J connectivity index is 0.00000231. The van der Waals surface area contributed by atoms with Gasteiger partial charge < -0.3 is 0 Å². The molecule has 0 radical (unpaired) electrons. The first-order valence-corrected chi connectivity index (χ1v) is 21.6. The quantitative estimate of drug-likeness (QED) is 0.292. The monoisotopic (exact) mass is 629 g/mol. The summed E-state index contributed by atoms with van der Waals surface area (Å²) in [7, 11) is 0. The molecule has 0 unspecified atom stereocenters. The van der Waals surface area contributed by atoms with Gasteiger partial charge in [-0.1, -0.05) is 0 Å². The number of nitrogens with zero attached hydrogens (tertiary/aromatic N) is 1. The zero-order valence-electron chi connectivity index (χ0n) is 24.5. The topological polar surface area (TPSA) is 39.3 Å². The zero-order valence-corrected chi connectivity index (χ0v) is 27.7. The molecule has 41 heavy (non-hydrogen) atoms. The molecule has 0 atom stereocenters. The van der Waals surface area contributed by atoms with Gasteiger partial charge in [0.05, 0.1) is 0 Å². The second-order valence-corrected chi connectivity index (χ2v) is 30.4. The molecule has 1 aliphatic rings.